The minimum Gasteiger partial charge on any atom is -0.457 e. The molecule has 2 heterocycles. The molecule has 2 aromatic heterocycles. The van der Waals surface area contributed by atoms with Gasteiger partial charge in [0.05, 0.1) is 22.3 Å². The highest BCUT2D eigenvalue weighted by Crippen LogP contribution is 2.28. The van der Waals surface area contributed by atoms with Crippen LogP contribution in [0.5, 0.6) is 11.5 Å². The lowest BCUT2D eigenvalue weighted by atomic mass is 10.1. The third-order valence-electron chi connectivity index (χ3n) is 6.53. The van der Waals surface area contributed by atoms with E-state index < -0.39 is 0 Å². The maximum atomic E-state index is 13.6. The molecule has 0 spiro atoms. The van der Waals surface area contributed by atoms with Gasteiger partial charge in [0, 0.05) is 36.3 Å². The molecule has 0 fully saturated rings. The van der Waals surface area contributed by atoms with E-state index in [0.717, 1.165) is 28.8 Å². The molecule has 1 N–H and O–H groups in total. The Bertz CT molecular complexity index is 1950. The highest BCUT2D eigenvalue weighted by Gasteiger charge is 2.19. The Morgan fingerprint density at radius 3 is 2.19 bits per heavy atom. The molecule has 8 nitrogen and oxygen atoms in total. The number of nitrogens with one attached hydrogen (secondary N) is 1. The molecule has 0 aliphatic rings. The molecule has 6 rings (SSSR count). The zero-order valence-electron chi connectivity index (χ0n) is 24.0. The molecule has 0 saturated heterocycles. The number of para-hydroxylation sites is 3. The normalized spacial score (nSPS) is 10.7. The van der Waals surface area contributed by atoms with Crippen LogP contribution in [0.3, 0.4) is 0 Å². The molecule has 0 saturated carbocycles. The molecule has 0 bridgehead atoms. The predicted molar refractivity (Wildman–Crippen MR) is 172 cm³/mol. The number of carbonyl (C=O) groups is 2. The highest BCUT2D eigenvalue weighted by molar-refractivity contribution is 7.99. The van der Waals surface area contributed by atoms with Gasteiger partial charge >= 0.3 is 0 Å². The first kappa shape index (κ1) is 29.3. The van der Waals surface area contributed by atoms with Crippen molar-refractivity contribution >= 4 is 45.8 Å². The lowest BCUT2D eigenvalue weighted by molar-refractivity contribution is -0.115. The lowest BCUT2D eigenvalue weighted by Crippen LogP contribution is -2.22. The van der Waals surface area contributed by atoms with Crippen LogP contribution in [0.2, 0.25) is 0 Å². The highest BCUT2D eigenvalue weighted by atomic mass is 32.2. The van der Waals surface area contributed by atoms with Crippen molar-refractivity contribution in [2.45, 2.75) is 12.1 Å². The number of carbonyl (C=O) groups excluding carboxylic acids is 2. The van der Waals surface area contributed by atoms with E-state index in [4.69, 9.17) is 9.72 Å². The number of H-pyrrole nitrogens is 1. The Hall–Kier alpha value is -5.15. The van der Waals surface area contributed by atoms with Crippen molar-refractivity contribution in [3.05, 3.63) is 125 Å². The van der Waals surface area contributed by atoms with Crippen molar-refractivity contribution < 1.29 is 14.3 Å². The number of aromatic nitrogens is 3. The Kier molecular flexibility index (Phi) is 9.02. The van der Waals surface area contributed by atoms with Crippen LogP contribution in [-0.4, -0.2) is 51.5 Å². The molecule has 43 heavy (non-hydrogen) atoms. The van der Waals surface area contributed by atoms with Crippen LogP contribution in [0.15, 0.2) is 113 Å². The zero-order chi connectivity index (χ0) is 30.3. The topological polar surface area (TPSA) is 97.3 Å². The van der Waals surface area contributed by atoms with Crippen molar-refractivity contribution in [2.75, 3.05) is 19.8 Å². The van der Waals surface area contributed by atoms with Crippen LogP contribution >= 0.6 is 11.8 Å². The zero-order valence-corrected chi connectivity index (χ0v) is 24.8. The first-order valence-corrected chi connectivity index (χ1v) is 14.5. The van der Waals surface area contributed by atoms with E-state index in [1.807, 2.05) is 104 Å². The number of amides is 1. The average molecular weight is 591 g/mol. The fourth-order valence-corrected chi connectivity index (χ4v) is 5.45. The molecular formula is C34H30N4O4S. The molecule has 6 aromatic rings. The van der Waals surface area contributed by atoms with E-state index in [0.29, 0.717) is 33.1 Å². The summed E-state index contributed by atoms with van der Waals surface area (Å²) in [7, 11) is 3.38. The van der Waals surface area contributed by atoms with E-state index in [1.165, 1.54) is 16.7 Å². The molecular weight excluding hydrogens is 560 g/mol. The van der Waals surface area contributed by atoms with Crippen LogP contribution < -0.4 is 10.3 Å². The number of aryl methyl sites for hydroxylation is 1. The number of benzene rings is 4. The first-order valence-electron chi connectivity index (χ1n) is 13.6. The number of thioether (sulfide) groups is 1. The van der Waals surface area contributed by atoms with Gasteiger partial charge in [-0.1, -0.05) is 60.3 Å². The van der Waals surface area contributed by atoms with Gasteiger partial charge < -0.3 is 14.6 Å². The number of fused-ring (bicyclic) bond motifs is 2. The minimum absolute atomic E-state index is 0.0227. The van der Waals surface area contributed by atoms with Crippen molar-refractivity contribution in [3.63, 3.8) is 0 Å². The lowest BCUT2D eigenvalue weighted by Gasteiger charge is -2.14. The number of nitrogens with zero attached hydrogens (tertiary/aromatic N) is 3. The van der Waals surface area contributed by atoms with Gasteiger partial charge in [-0.05, 0) is 61.5 Å². The molecule has 1 amide bonds. The van der Waals surface area contributed by atoms with E-state index in [1.54, 1.807) is 24.7 Å². The predicted octanol–water partition coefficient (Wildman–Crippen LogP) is 6.65. The molecule has 0 aliphatic heterocycles. The number of hydrogen-bond donors (Lipinski definition) is 1. The summed E-state index contributed by atoms with van der Waals surface area (Å²) in [5.41, 5.74) is 3.48. The Balaban J connectivity index is 0.000000682. The summed E-state index contributed by atoms with van der Waals surface area (Å²) >= 11 is 1.26. The second-order valence-corrected chi connectivity index (χ2v) is 10.9. The second-order valence-electron chi connectivity index (χ2n) is 9.91. The maximum Gasteiger partial charge on any atom is 0.266 e. The fraction of sp³-hybridized carbons (Fsp3) is 0.118. The van der Waals surface area contributed by atoms with Crippen LogP contribution in [0.25, 0.3) is 27.5 Å². The van der Waals surface area contributed by atoms with Gasteiger partial charge in [0.25, 0.3) is 5.56 Å². The van der Waals surface area contributed by atoms with Gasteiger partial charge in [-0.15, -0.1) is 0 Å². The number of Topliss-reactive ketones (excluding diaryl/α,β-unsaturated/α-hetero) is 1. The molecule has 9 heteroatoms. The Morgan fingerprint density at radius 1 is 0.884 bits per heavy atom. The first-order chi connectivity index (χ1) is 20.9. The summed E-state index contributed by atoms with van der Waals surface area (Å²) < 4.78 is 7.47. The third kappa shape index (κ3) is 6.68. The third-order valence-corrected chi connectivity index (χ3v) is 7.47. The number of ketones is 1. The standard InChI is InChI=1S/C31H23N3O3S.C3H7NO/c1-20-29(24-11-5-7-13-26(24)32-20)28(35)19-38-31-33-27-14-8-6-12-25(27)30(36)34(31)21-15-17-23(18-16-21)37-22-9-3-2-4-10-22;1-4(2)3-5/h2-18,32H,19H2,1H3;3H,1-2H3. The number of rotatable bonds is 8. The monoisotopic (exact) mass is 590 g/mol. The molecule has 0 unspecified atom stereocenters. The number of aromatic amines is 1. The minimum atomic E-state index is -0.189. The summed E-state index contributed by atoms with van der Waals surface area (Å²) in [6, 6.07) is 31.8. The van der Waals surface area contributed by atoms with Gasteiger partial charge in [0.2, 0.25) is 6.41 Å². The van der Waals surface area contributed by atoms with Crippen LogP contribution in [0.1, 0.15) is 16.1 Å². The van der Waals surface area contributed by atoms with E-state index >= 15 is 0 Å². The average Bonchev–Trinajstić information content (AvgIpc) is 3.37. The second kappa shape index (κ2) is 13.2. The summed E-state index contributed by atoms with van der Waals surface area (Å²) in [4.78, 5) is 45.9. The van der Waals surface area contributed by atoms with Gasteiger partial charge in [-0.2, -0.15) is 0 Å². The Morgan fingerprint density at radius 2 is 1.49 bits per heavy atom. The van der Waals surface area contributed by atoms with Crippen LogP contribution in [-0.2, 0) is 4.79 Å². The molecule has 0 aliphatic carbocycles. The quantitative estimate of drug-likeness (QED) is 0.0923. The van der Waals surface area contributed by atoms with Crippen LogP contribution in [0.4, 0.5) is 0 Å². The van der Waals surface area contributed by atoms with Gasteiger partial charge in [0.15, 0.2) is 10.9 Å². The van der Waals surface area contributed by atoms with Crippen molar-refractivity contribution in [1.82, 2.24) is 19.4 Å². The molecule has 216 valence electrons. The van der Waals surface area contributed by atoms with Crippen LogP contribution in [0, 0.1) is 6.92 Å². The maximum absolute atomic E-state index is 13.6. The molecule has 0 atom stereocenters. The SMILES string of the molecule is CN(C)C=O.Cc1[nH]c2ccccc2c1C(=O)CSc1nc2ccccc2c(=O)n1-c1ccc(Oc2ccccc2)cc1. The van der Waals surface area contributed by atoms with Crippen molar-refractivity contribution in [1.29, 1.82) is 0 Å². The molecule has 4 aromatic carbocycles. The summed E-state index contributed by atoms with van der Waals surface area (Å²) in [6.45, 7) is 1.90. The van der Waals surface area contributed by atoms with Gasteiger partial charge in [-0.25, -0.2) is 4.98 Å². The largest absolute Gasteiger partial charge is 0.457 e. The summed E-state index contributed by atoms with van der Waals surface area (Å²) in [5.74, 6) is 1.50. The van der Waals surface area contributed by atoms with E-state index in [2.05, 4.69) is 4.98 Å². The molecule has 0 radical (unpaired) electrons. The fourth-order valence-electron chi connectivity index (χ4n) is 4.56. The van der Waals surface area contributed by atoms with Crippen molar-refractivity contribution in [3.8, 4) is 17.2 Å². The van der Waals surface area contributed by atoms with Crippen molar-refractivity contribution in [2.24, 2.45) is 0 Å². The van der Waals surface area contributed by atoms with E-state index in [9.17, 15) is 14.4 Å². The summed E-state index contributed by atoms with van der Waals surface area (Å²) in [5, 5.41) is 1.87. The van der Waals surface area contributed by atoms with Gasteiger partial charge in [0.1, 0.15) is 11.5 Å². The number of ether oxygens (including phenoxy) is 1. The number of hydrogen-bond acceptors (Lipinski definition) is 6. The Labute approximate surface area is 253 Å². The van der Waals surface area contributed by atoms with Gasteiger partial charge in [-0.3, -0.25) is 19.0 Å². The summed E-state index contributed by atoms with van der Waals surface area (Å²) in [6.07, 6.45) is 0.750. The smallest absolute Gasteiger partial charge is 0.266 e. The van der Waals surface area contributed by atoms with E-state index in [-0.39, 0.29) is 17.1 Å².